The number of aliphatic hydroxyl groups is 3. The first kappa shape index (κ1) is 13.9. The molecule has 4 atom stereocenters. The lowest BCUT2D eigenvalue weighted by Crippen LogP contribution is -2.51. The average Bonchev–Trinajstić information content (AvgIpc) is 2.77. The Balaban J connectivity index is 2.58. The summed E-state index contributed by atoms with van der Waals surface area (Å²) in [6.07, 6.45) is -0.766. The van der Waals surface area contributed by atoms with E-state index in [2.05, 4.69) is 5.32 Å². The molecule has 4 N–H and O–H groups in total. The van der Waals surface area contributed by atoms with Crippen LogP contribution in [0.3, 0.4) is 0 Å². The van der Waals surface area contributed by atoms with Gasteiger partial charge in [-0.1, -0.05) is 0 Å². The van der Waals surface area contributed by atoms with Crippen LogP contribution in [-0.2, 0) is 4.74 Å². The van der Waals surface area contributed by atoms with Gasteiger partial charge in [-0.2, -0.15) is 0 Å². The lowest BCUT2D eigenvalue weighted by atomic mass is 9.99. The van der Waals surface area contributed by atoms with E-state index in [1.807, 2.05) is 13.8 Å². The van der Waals surface area contributed by atoms with E-state index >= 15 is 0 Å². The quantitative estimate of drug-likeness (QED) is 0.485. The first-order chi connectivity index (χ1) is 7.56. The van der Waals surface area contributed by atoms with Crippen molar-refractivity contribution in [2.75, 3.05) is 13.2 Å². The minimum atomic E-state index is -1.04. The van der Waals surface area contributed by atoms with Gasteiger partial charge in [0.1, 0.15) is 12.2 Å². The largest absolute Gasteiger partial charge is 0.394 e. The Hall–Kier alpha value is -0.200. The lowest BCUT2D eigenvalue weighted by molar-refractivity contribution is -0.137. The van der Waals surface area contributed by atoms with Crippen LogP contribution >= 0.6 is 0 Å². The molecule has 5 heteroatoms. The van der Waals surface area contributed by atoms with E-state index in [9.17, 15) is 10.2 Å². The maximum absolute atomic E-state index is 10.1. The fourth-order valence-corrected chi connectivity index (χ4v) is 2.05. The van der Waals surface area contributed by atoms with E-state index in [1.54, 1.807) is 0 Å². The second kappa shape index (κ2) is 6.51. The van der Waals surface area contributed by atoms with Crippen molar-refractivity contribution >= 4 is 0 Å². The summed E-state index contributed by atoms with van der Waals surface area (Å²) < 4.78 is 5.48. The molecule has 16 heavy (non-hydrogen) atoms. The minimum absolute atomic E-state index is 0.0510. The number of nitrogens with one attached hydrogen (secondary N) is 1. The van der Waals surface area contributed by atoms with Crippen LogP contribution in [-0.4, -0.2) is 58.9 Å². The molecule has 1 aliphatic heterocycles. The maximum atomic E-state index is 10.1. The topological polar surface area (TPSA) is 82.0 Å². The van der Waals surface area contributed by atoms with Gasteiger partial charge in [-0.3, -0.25) is 0 Å². The minimum Gasteiger partial charge on any atom is -0.394 e. The van der Waals surface area contributed by atoms with Crippen molar-refractivity contribution in [3.8, 4) is 0 Å². The zero-order valence-electron chi connectivity index (χ0n) is 9.97. The Morgan fingerprint density at radius 2 is 2.06 bits per heavy atom. The fraction of sp³-hybridized carbons (Fsp3) is 1.00. The van der Waals surface area contributed by atoms with Crippen molar-refractivity contribution in [1.82, 2.24) is 5.32 Å². The summed E-state index contributed by atoms with van der Waals surface area (Å²) in [5.74, 6) is 0. The number of aliphatic hydroxyl groups excluding tert-OH is 3. The molecule has 1 rings (SSSR count). The molecule has 96 valence electrons. The highest BCUT2D eigenvalue weighted by molar-refractivity contribution is 4.89. The molecule has 0 unspecified atom stereocenters. The van der Waals surface area contributed by atoms with Crippen LogP contribution in [0.5, 0.6) is 0 Å². The molecule has 1 fully saturated rings. The highest BCUT2D eigenvalue weighted by atomic mass is 16.5. The Bertz CT molecular complexity index is 194. The van der Waals surface area contributed by atoms with Crippen LogP contribution < -0.4 is 5.32 Å². The van der Waals surface area contributed by atoms with E-state index in [4.69, 9.17) is 9.84 Å². The first-order valence-electron chi connectivity index (χ1n) is 5.92. The number of ether oxygens (including phenoxy) is 1. The molecule has 0 spiro atoms. The van der Waals surface area contributed by atoms with Gasteiger partial charge in [0.15, 0.2) is 0 Å². The van der Waals surface area contributed by atoms with Crippen LogP contribution in [0.15, 0.2) is 0 Å². The molecule has 0 amide bonds. The van der Waals surface area contributed by atoms with E-state index in [-0.39, 0.29) is 12.1 Å². The van der Waals surface area contributed by atoms with E-state index < -0.39 is 24.9 Å². The van der Waals surface area contributed by atoms with Crippen molar-refractivity contribution in [3.63, 3.8) is 0 Å². The van der Waals surface area contributed by atoms with Gasteiger partial charge >= 0.3 is 0 Å². The van der Waals surface area contributed by atoms with Gasteiger partial charge < -0.3 is 25.4 Å². The van der Waals surface area contributed by atoms with E-state index in [0.717, 1.165) is 19.4 Å². The molecule has 0 aromatic rings. The van der Waals surface area contributed by atoms with Crippen LogP contribution in [0.4, 0.5) is 0 Å². The second-order valence-electron chi connectivity index (χ2n) is 4.59. The maximum Gasteiger partial charge on any atom is 0.113 e. The predicted molar refractivity (Wildman–Crippen MR) is 60.1 cm³/mol. The van der Waals surface area contributed by atoms with Crippen molar-refractivity contribution in [2.45, 2.75) is 57.1 Å². The van der Waals surface area contributed by atoms with Crippen LogP contribution in [0.1, 0.15) is 26.7 Å². The number of rotatable bonds is 6. The second-order valence-corrected chi connectivity index (χ2v) is 4.59. The molecular formula is C11H23NO4. The van der Waals surface area contributed by atoms with Crippen LogP contribution in [0.25, 0.3) is 0 Å². The van der Waals surface area contributed by atoms with E-state index in [0.29, 0.717) is 0 Å². The summed E-state index contributed by atoms with van der Waals surface area (Å²) in [6, 6.07) is -0.0510. The summed E-state index contributed by atoms with van der Waals surface area (Å²) in [5, 5.41) is 31.8. The average molecular weight is 233 g/mol. The van der Waals surface area contributed by atoms with Gasteiger partial charge in [0, 0.05) is 6.04 Å². The van der Waals surface area contributed by atoms with Crippen LogP contribution in [0, 0.1) is 0 Å². The summed E-state index contributed by atoms with van der Waals surface area (Å²) in [4.78, 5) is 0. The third-order valence-corrected chi connectivity index (χ3v) is 2.84. The molecule has 1 aliphatic rings. The zero-order valence-corrected chi connectivity index (χ0v) is 9.97. The zero-order chi connectivity index (χ0) is 12.1. The Morgan fingerprint density at radius 1 is 1.38 bits per heavy atom. The highest BCUT2D eigenvalue weighted by Gasteiger charge is 2.35. The Labute approximate surface area is 96.4 Å². The van der Waals surface area contributed by atoms with Gasteiger partial charge in [0.2, 0.25) is 0 Å². The third-order valence-electron chi connectivity index (χ3n) is 2.84. The first-order valence-corrected chi connectivity index (χ1v) is 5.92. The van der Waals surface area contributed by atoms with E-state index in [1.165, 1.54) is 0 Å². The lowest BCUT2D eigenvalue weighted by Gasteiger charge is -2.31. The molecule has 0 aromatic carbocycles. The Kier molecular flexibility index (Phi) is 5.64. The van der Waals surface area contributed by atoms with Gasteiger partial charge in [-0.25, -0.2) is 0 Å². The molecule has 5 nitrogen and oxygen atoms in total. The molecule has 0 radical (unpaired) electrons. The van der Waals surface area contributed by atoms with Gasteiger partial charge in [0.05, 0.1) is 18.8 Å². The smallest absolute Gasteiger partial charge is 0.113 e. The molecule has 1 heterocycles. The number of hydrogen-bond acceptors (Lipinski definition) is 5. The standard InChI is InChI=1S/C11H23NO4/c1-7(2)16-11(9(14)6-13)10(15)8-4-3-5-12-8/h7-15H,3-6H2,1-2H3/t8-,9+,10+,11-/m1/s1. The van der Waals surface area contributed by atoms with Crippen LogP contribution in [0.2, 0.25) is 0 Å². The Morgan fingerprint density at radius 3 is 2.50 bits per heavy atom. The van der Waals surface area contributed by atoms with Crippen molar-refractivity contribution in [2.24, 2.45) is 0 Å². The number of hydrogen-bond donors (Lipinski definition) is 4. The summed E-state index contributed by atoms with van der Waals surface area (Å²) in [5.41, 5.74) is 0. The molecule has 0 aromatic heterocycles. The predicted octanol–water partition coefficient (Wildman–Crippen LogP) is -0.754. The molecule has 0 saturated carbocycles. The molecular weight excluding hydrogens is 210 g/mol. The summed E-state index contributed by atoms with van der Waals surface area (Å²) in [6.45, 7) is 4.16. The molecule has 1 saturated heterocycles. The van der Waals surface area contributed by atoms with Crippen molar-refractivity contribution in [3.05, 3.63) is 0 Å². The SMILES string of the molecule is CC(C)O[C@@H]([C@@H](O)[C@H]1CCCN1)[C@@H](O)CO. The van der Waals surface area contributed by atoms with Gasteiger partial charge in [-0.15, -0.1) is 0 Å². The molecule has 0 aliphatic carbocycles. The van der Waals surface area contributed by atoms with Crippen molar-refractivity contribution < 1.29 is 20.1 Å². The summed E-state index contributed by atoms with van der Waals surface area (Å²) >= 11 is 0. The van der Waals surface area contributed by atoms with Gasteiger partial charge in [0.25, 0.3) is 0 Å². The van der Waals surface area contributed by atoms with Gasteiger partial charge in [-0.05, 0) is 33.2 Å². The monoisotopic (exact) mass is 233 g/mol. The van der Waals surface area contributed by atoms with Crippen molar-refractivity contribution in [1.29, 1.82) is 0 Å². The normalized spacial score (nSPS) is 27.0. The highest BCUT2D eigenvalue weighted by Crippen LogP contribution is 2.17. The summed E-state index contributed by atoms with van der Waals surface area (Å²) in [7, 11) is 0. The third kappa shape index (κ3) is 3.68. The molecule has 0 bridgehead atoms. The fourth-order valence-electron chi connectivity index (χ4n) is 2.05.